The Morgan fingerprint density at radius 3 is 2.89 bits per heavy atom. The number of carboxylic acid groups (broad SMARTS) is 1. The van der Waals surface area contributed by atoms with Gasteiger partial charge in [0.05, 0.1) is 36.2 Å². The molecule has 0 spiro atoms. The van der Waals surface area contributed by atoms with Gasteiger partial charge in [-0.3, -0.25) is 4.90 Å². The molecule has 7 heteroatoms. The van der Waals surface area contributed by atoms with E-state index in [9.17, 15) is 15.2 Å². The Bertz CT molecular complexity index is 1200. The lowest BCUT2D eigenvalue weighted by Gasteiger charge is -2.56. The monoisotopic (exact) mass is 500 g/mol. The standard InChI is InChI=1S/C30H36N4O3/c1-29-14-12-25-24-9-3-2-6-21(24)10-11-26(25)27(29)13-15-30(29,16-18-32)34(28(35)36)23-8-4-7-22(20-23)33-37-19-5-17-31/h4,6,8,20,26-27H,2-3,5,7,9-16,19H2,1H3,(H,35,36)/t26?,27?,29-,30+/m0/s1. The highest BCUT2D eigenvalue weighted by Crippen LogP contribution is 2.66. The molecular formula is C30H36N4O3. The van der Waals surface area contributed by atoms with Crippen LogP contribution >= 0.6 is 0 Å². The predicted octanol–water partition coefficient (Wildman–Crippen LogP) is 6.78. The molecule has 7 nitrogen and oxygen atoms in total. The molecule has 0 heterocycles. The Morgan fingerprint density at radius 2 is 2.11 bits per heavy atom. The number of hydrogen-bond donors (Lipinski definition) is 1. The Kier molecular flexibility index (Phi) is 6.99. The second kappa shape index (κ2) is 10.2. The molecule has 4 atom stereocenters. The maximum Gasteiger partial charge on any atom is 0.412 e. The highest BCUT2D eigenvalue weighted by Gasteiger charge is 2.64. The van der Waals surface area contributed by atoms with Crippen LogP contribution in [0, 0.1) is 39.9 Å². The van der Waals surface area contributed by atoms with Crippen molar-refractivity contribution in [3.63, 3.8) is 0 Å². The summed E-state index contributed by atoms with van der Waals surface area (Å²) in [6.07, 6.45) is 17.3. The average molecular weight is 501 g/mol. The fourth-order valence-corrected chi connectivity index (χ4v) is 8.16. The number of hydrogen-bond acceptors (Lipinski definition) is 5. The summed E-state index contributed by atoms with van der Waals surface area (Å²) in [6, 6.07) is 4.42. The second-order valence-electron chi connectivity index (χ2n) is 11.3. The molecule has 0 aliphatic heterocycles. The summed E-state index contributed by atoms with van der Waals surface area (Å²) in [5.74, 6) is 0.861. The number of oxime groups is 1. The molecule has 194 valence electrons. The van der Waals surface area contributed by atoms with Gasteiger partial charge in [-0.05, 0) is 98.3 Å². The largest absolute Gasteiger partial charge is 0.465 e. The molecule has 37 heavy (non-hydrogen) atoms. The zero-order valence-electron chi connectivity index (χ0n) is 21.7. The molecule has 5 aliphatic rings. The van der Waals surface area contributed by atoms with Gasteiger partial charge in [-0.15, -0.1) is 0 Å². The van der Waals surface area contributed by atoms with Gasteiger partial charge < -0.3 is 9.94 Å². The van der Waals surface area contributed by atoms with Gasteiger partial charge in [-0.25, -0.2) is 4.79 Å². The summed E-state index contributed by atoms with van der Waals surface area (Å²) in [5.41, 5.74) is 4.88. The van der Waals surface area contributed by atoms with Gasteiger partial charge >= 0.3 is 6.09 Å². The quantitative estimate of drug-likeness (QED) is 0.319. The van der Waals surface area contributed by atoms with Crippen molar-refractivity contribution in [3.05, 3.63) is 46.7 Å². The van der Waals surface area contributed by atoms with Crippen molar-refractivity contribution >= 4 is 11.8 Å². The SMILES string of the molecule is C[C@]12CCC3=C4CCCC=C4CCC3C1CC[C@]2(CC#N)N(C(=O)O)C1=CC(=NOCCC#N)CC=C1. The summed E-state index contributed by atoms with van der Waals surface area (Å²) in [6.45, 7) is 2.46. The molecule has 5 rings (SSSR count). The molecular weight excluding hydrogens is 464 g/mol. The minimum Gasteiger partial charge on any atom is -0.465 e. The minimum absolute atomic E-state index is 0.173. The number of rotatable bonds is 6. The van der Waals surface area contributed by atoms with Crippen molar-refractivity contribution in [1.29, 1.82) is 10.5 Å². The van der Waals surface area contributed by atoms with Crippen LogP contribution in [0.15, 0.2) is 51.9 Å². The lowest BCUT2D eigenvalue weighted by atomic mass is 9.53. The van der Waals surface area contributed by atoms with Crippen LogP contribution in [0.25, 0.3) is 0 Å². The van der Waals surface area contributed by atoms with Crippen LogP contribution in [-0.4, -0.2) is 34.0 Å². The summed E-state index contributed by atoms with van der Waals surface area (Å²) >= 11 is 0. The van der Waals surface area contributed by atoms with Crippen LogP contribution in [0.3, 0.4) is 0 Å². The summed E-state index contributed by atoms with van der Waals surface area (Å²) < 4.78 is 0. The first kappa shape index (κ1) is 25.3. The van der Waals surface area contributed by atoms with E-state index < -0.39 is 11.6 Å². The van der Waals surface area contributed by atoms with Crippen LogP contribution in [0.1, 0.15) is 84.0 Å². The van der Waals surface area contributed by atoms with Crippen LogP contribution in [0.2, 0.25) is 0 Å². The lowest BCUT2D eigenvalue weighted by molar-refractivity contribution is -0.0191. The molecule has 0 saturated heterocycles. The third-order valence-electron chi connectivity index (χ3n) is 9.78. The lowest BCUT2D eigenvalue weighted by Crippen LogP contribution is -2.60. The third-order valence-corrected chi connectivity index (χ3v) is 9.78. The molecule has 0 aromatic heterocycles. The van der Waals surface area contributed by atoms with Crippen molar-refractivity contribution in [1.82, 2.24) is 4.90 Å². The van der Waals surface area contributed by atoms with E-state index in [1.807, 2.05) is 18.2 Å². The number of nitriles is 2. The molecule has 2 saturated carbocycles. The summed E-state index contributed by atoms with van der Waals surface area (Å²) in [4.78, 5) is 19.7. The number of amides is 1. The van der Waals surface area contributed by atoms with Gasteiger partial charge in [0.2, 0.25) is 0 Å². The highest BCUT2D eigenvalue weighted by molar-refractivity contribution is 5.98. The van der Waals surface area contributed by atoms with E-state index in [0.717, 1.165) is 32.1 Å². The van der Waals surface area contributed by atoms with Gasteiger partial charge in [0.25, 0.3) is 0 Å². The van der Waals surface area contributed by atoms with Crippen LogP contribution in [0.5, 0.6) is 0 Å². The van der Waals surface area contributed by atoms with Crippen LogP contribution in [-0.2, 0) is 4.84 Å². The fourth-order valence-electron chi connectivity index (χ4n) is 8.16. The van der Waals surface area contributed by atoms with E-state index in [2.05, 4.69) is 24.2 Å². The molecule has 2 unspecified atom stereocenters. The van der Waals surface area contributed by atoms with Gasteiger partial charge in [0, 0.05) is 12.1 Å². The van der Waals surface area contributed by atoms with Crippen molar-refractivity contribution < 1.29 is 14.7 Å². The molecule has 0 radical (unpaired) electrons. The fraction of sp³-hybridized carbons (Fsp3) is 0.600. The number of nitrogens with zero attached hydrogens (tertiary/aromatic N) is 4. The zero-order valence-corrected chi connectivity index (χ0v) is 21.7. The Balaban J connectivity index is 1.51. The second-order valence-corrected chi connectivity index (χ2v) is 11.3. The Hall–Kier alpha value is -3.32. The highest BCUT2D eigenvalue weighted by atomic mass is 16.6. The Morgan fingerprint density at radius 1 is 1.24 bits per heavy atom. The van der Waals surface area contributed by atoms with Crippen molar-refractivity contribution in [3.8, 4) is 12.1 Å². The van der Waals surface area contributed by atoms with Gasteiger partial charge in [-0.1, -0.05) is 29.8 Å². The van der Waals surface area contributed by atoms with Gasteiger partial charge in [0.1, 0.15) is 6.61 Å². The Labute approximate surface area is 219 Å². The van der Waals surface area contributed by atoms with Crippen LogP contribution < -0.4 is 0 Å². The maximum absolute atomic E-state index is 13.0. The molecule has 1 amide bonds. The summed E-state index contributed by atoms with van der Waals surface area (Å²) in [7, 11) is 0. The molecule has 0 aromatic rings. The van der Waals surface area contributed by atoms with E-state index in [0.29, 0.717) is 36.1 Å². The normalized spacial score (nSPS) is 33.3. The topological polar surface area (TPSA) is 110 Å². The van der Waals surface area contributed by atoms with E-state index >= 15 is 0 Å². The first-order valence-electron chi connectivity index (χ1n) is 13.7. The molecule has 0 aromatic carbocycles. The van der Waals surface area contributed by atoms with Crippen molar-refractivity contribution in [2.45, 2.75) is 89.5 Å². The molecule has 1 N–H and O–H groups in total. The van der Waals surface area contributed by atoms with Crippen molar-refractivity contribution in [2.75, 3.05) is 6.61 Å². The van der Waals surface area contributed by atoms with E-state index in [1.54, 1.807) is 22.8 Å². The molecule has 2 fully saturated rings. The van der Waals surface area contributed by atoms with Crippen molar-refractivity contribution in [2.24, 2.45) is 22.4 Å². The summed E-state index contributed by atoms with van der Waals surface area (Å²) in [5, 5.41) is 33.5. The van der Waals surface area contributed by atoms with Gasteiger partial charge in [0.15, 0.2) is 0 Å². The molecule has 0 bridgehead atoms. The maximum atomic E-state index is 13.0. The third kappa shape index (κ3) is 4.19. The van der Waals surface area contributed by atoms with E-state index in [4.69, 9.17) is 10.1 Å². The average Bonchev–Trinajstić information content (AvgIpc) is 3.19. The number of fused-ring (bicyclic) bond motifs is 4. The van der Waals surface area contributed by atoms with Gasteiger partial charge in [-0.2, -0.15) is 10.5 Å². The molecule has 5 aliphatic carbocycles. The smallest absolute Gasteiger partial charge is 0.412 e. The predicted molar refractivity (Wildman–Crippen MR) is 140 cm³/mol. The zero-order chi connectivity index (χ0) is 26.0. The van der Waals surface area contributed by atoms with Crippen LogP contribution in [0.4, 0.5) is 4.79 Å². The first-order chi connectivity index (χ1) is 17.9. The van der Waals surface area contributed by atoms with E-state index in [-0.39, 0.29) is 24.9 Å². The van der Waals surface area contributed by atoms with E-state index in [1.165, 1.54) is 24.2 Å². The number of carbonyl (C=O) groups is 1. The number of allylic oxidation sites excluding steroid dienone is 7. The first-order valence-corrected chi connectivity index (χ1v) is 13.7. The minimum atomic E-state index is -1.02.